The summed E-state index contributed by atoms with van der Waals surface area (Å²) in [7, 11) is 0. The number of nitro benzene ring substituents is 1. The minimum absolute atomic E-state index is 0.118. The topological polar surface area (TPSA) is 92.5 Å². The van der Waals surface area contributed by atoms with Gasteiger partial charge in [0.25, 0.3) is 11.6 Å². The number of rotatable bonds is 8. The number of non-ortho nitro benzene ring substituents is 1. The van der Waals surface area contributed by atoms with E-state index in [1.165, 1.54) is 12.1 Å². The zero-order valence-corrected chi connectivity index (χ0v) is 12.6. The molecule has 1 rings (SSSR count). The van der Waals surface area contributed by atoms with Crippen molar-refractivity contribution < 1.29 is 14.8 Å². The third kappa shape index (κ3) is 5.66. The SMILES string of the molecule is O=C(NCCCCCCO)c1cc(Br)cc([N+](=O)[O-])c1. The Morgan fingerprint density at radius 1 is 1.25 bits per heavy atom. The zero-order valence-electron chi connectivity index (χ0n) is 11.0. The highest BCUT2D eigenvalue weighted by atomic mass is 79.9. The van der Waals surface area contributed by atoms with Crippen LogP contribution in [-0.2, 0) is 0 Å². The van der Waals surface area contributed by atoms with Gasteiger partial charge in [-0.3, -0.25) is 14.9 Å². The van der Waals surface area contributed by atoms with E-state index in [2.05, 4.69) is 21.2 Å². The molecule has 6 nitrogen and oxygen atoms in total. The van der Waals surface area contributed by atoms with E-state index < -0.39 is 4.92 Å². The number of carbonyl (C=O) groups excluding carboxylic acids is 1. The minimum atomic E-state index is -0.531. The standard InChI is InChI=1S/C13H17BrN2O4/c14-11-7-10(8-12(9-11)16(19)20)13(18)15-5-3-1-2-4-6-17/h7-9,17H,1-6H2,(H,15,18). The first-order chi connectivity index (χ1) is 9.54. The molecule has 0 fully saturated rings. The van der Waals surface area contributed by atoms with Gasteiger partial charge in [-0.1, -0.05) is 28.8 Å². The van der Waals surface area contributed by atoms with Gasteiger partial charge in [-0.2, -0.15) is 0 Å². The Hall–Kier alpha value is -1.47. The largest absolute Gasteiger partial charge is 0.396 e. The van der Waals surface area contributed by atoms with E-state index in [1.807, 2.05) is 0 Å². The lowest BCUT2D eigenvalue weighted by Gasteiger charge is -2.05. The number of aliphatic hydroxyl groups excluding tert-OH is 1. The molecule has 1 amide bonds. The van der Waals surface area contributed by atoms with E-state index in [-0.39, 0.29) is 23.8 Å². The van der Waals surface area contributed by atoms with Crippen LogP contribution in [0.3, 0.4) is 0 Å². The molecule has 2 N–H and O–H groups in total. The van der Waals surface area contributed by atoms with Crippen LogP contribution >= 0.6 is 15.9 Å². The van der Waals surface area contributed by atoms with Crippen LogP contribution in [0.2, 0.25) is 0 Å². The second-order valence-corrected chi connectivity index (χ2v) is 5.26. The Morgan fingerprint density at radius 3 is 2.60 bits per heavy atom. The first-order valence-corrected chi connectivity index (χ1v) is 7.18. The highest BCUT2D eigenvalue weighted by molar-refractivity contribution is 9.10. The number of nitrogens with one attached hydrogen (secondary N) is 1. The molecule has 0 aliphatic rings. The lowest BCUT2D eigenvalue weighted by molar-refractivity contribution is -0.385. The van der Waals surface area contributed by atoms with Crippen molar-refractivity contribution in [3.05, 3.63) is 38.3 Å². The van der Waals surface area contributed by atoms with Gasteiger partial charge in [0.1, 0.15) is 0 Å². The Balaban J connectivity index is 2.49. The molecule has 0 heterocycles. The molecule has 0 saturated heterocycles. The molecular formula is C13H17BrN2O4. The maximum Gasteiger partial charge on any atom is 0.271 e. The maximum atomic E-state index is 11.9. The third-order valence-corrected chi connectivity index (χ3v) is 3.18. The van der Waals surface area contributed by atoms with Crippen LogP contribution in [0.5, 0.6) is 0 Å². The fourth-order valence-corrected chi connectivity index (χ4v) is 2.19. The zero-order chi connectivity index (χ0) is 15.0. The molecule has 0 atom stereocenters. The number of hydrogen-bond acceptors (Lipinski definition) is 4. The Bertz CT molecular complexity index is 479. The predicted molar refractivity (Wildman–Crippen MR) is 78.7 cm³/mol. The van der Waals surface area contributed by atoms with Gasteiger partial charge in [0.15, 0.2) is 0 Å². The van der Waals surface area contributed by atoms with E-state index in [4.69, 9.17) is 5.11 Å². The van der Waals surface area contributed by atoms with Crippen LogP contribution in [-0.4, -0.2) is 29.1 Å². The van der Waals surface area contributed by atoms with E-state index in [0.29, 0.717) is 11.0 Å². The van der Waals surface area contributed by atoms with E-state index in [9.17, 15) is 14.9 Å². The van der Waals surface area contributed by atoms with Gasteiger partial charge in [-0.05, 0) is 18.9 Å². The molecule has 7 heteroatoms. The summed E-state index contributed by atoms with van der Waals surface area (Å²) in [6.07, 6.45) is 3.45. The Labute approximate surface area is 125 Å². The normalized spacial score (nSPS) is 10.3. The van der Waals surface area contributed by atoms with Crippen molar-refractivity contribution >= 4 is 27.5 Å². The van der Waals surface area contributed by atoms with Crippen molar-refractivity contribution in [2.24, 2.45) is 0 Å². The summed E-state index contributed by atoms with van der Waals surface area (Å²) in [5, 5.41) is 22.1. The molecule has 0 saturated carbocycles. The van der Waals surface area contributed by atoms with E-state index in [1.54, 1.807) is 6.07 Å². The summed E-state index contributed by atoms with van der Waals surface area (Å²) in [6, 6.07) is 4.16. The number of benzene rings is 1. The van der Waals surface area contributed by atoms with Crippen LogP contribution in [0.1, 0.15) is 36.0 Å². The van der Waals surface area contributed by atoms with Crippen LogP contribution in [0, 0.1) is 10.1 Å². The molecule has 0 spiro atoms. The first kappa shape index (κ1) is 16.6. The van der Waals surface area contributed by atoms with Crippen LogP contribution in [0.25, 0.3) is 0 Å². The molecule has 1 aromatic rings. The molecule has 0 aliphatic heterocycles. The van der Waals surface area contributed by atoms with E-state index in [0.717, 1.165) is 25.7 Å². The van der Waals surface area contributed by atoms with Gasteiger partial charge in [-0.15, -0.1) is 0 Å². The van der Waals surface area contributed by atoms with Crippen LogP contribution in [0.15, 0.2) is 22.7 Å². The molecule has 20 heavy (non-hydrogen) atoms. The molecule has 0 aliphatic carbocycles. The fourth-order valence-electron chi connectivity index (χ4n) is 1.70. The monoisotopic (exact) mass is 344 g/mol. The van der Waals surface area contributed by atoms with Gasteiger partial charge in [-0.25, -0.2) is 0 Å². The number of aliphatic hydroxyl groups is 1. The summed E-state index contributed by atoms with van der Waals surface area (Å²) in [5.41, 5.74) is 0.147. The number of unbranched alkanes of at least 4 members (excludes halogenated alkanes) is 3. The van der Waals surface area contributed by atoms with Gasteiger partial charge in [0.2, 0.25) is 0 Å². The van der Waals surface area contributed by atoms with Gasteiger partial charge < -0.3 is 10.4 Å². The predicted octanol–water partition coefficient (Wildman–Crippen LogP) is 2.64. The number of nitrogens with zero attached hydrogens (tertiary/aromatic N) is 1. The van der Waals surface area contributed by atoms with Crippen molar-refractivity contribution in [3.8, 4) is 0 Å². The molecule has 1 aromatic carbocycles. The van der Waals surface area contributed by atoms with Crippen molar-refractivity contribution in [1.82, 2.24) is 5.32 Å². The van der Waals surface area contributed by atoms with Crippen LogP contribution in [0.4, 0.5) is 5.69 Å². The molecule has 0 unspecified atom stereocenters. The molecular weight excluding hydrogens is 328 g/mol. The van der Waals surface area contributed by atoms with Gasteiger partial charge in [0.05, 0.1) is 4.92 Å². The molecule has 0 bridgehead atoms. The van der Waals surface area contributed by atoms with Crippen molar-refractivity contribution in [1.29, 1.82) is 0 Å². The second-order valence-electron chi connectivity index (χ2n) is 4.35. The lowest BCUT2D eigenvalue weighted by Crippen LogP contribution is -2.24. The second kappa shape index (κ2) is 8.65. The van der Waals surface area contributed by atoms with Gasteiger partial charge >= 0.3 is 0 Å². The number of halogens is 1. The smallest absolute Gasteiger partial charge is 0.271 e. The summed E-state index contributed by atoms with van der Waals surface area (Å²) >= 11 is 3.15. The average Bonchev–Trinajstić information content (AvgIpc) is 2.41. The third-order valence-electron chi connectivity index (χ3n) is 2.73. The number of amides is 1. The molecule has 0 aromatic heterocycles. The Kier molecular flexibility index (Phi) is 7.17. The summed E-state index contributed by atoms with van der Waals surface area (Å²) in [5.74, 6) is -0.323. The summed E-state index contributed by atoms with van der Waals surface area (Å²) in [4.78, 5) is 22.1. The number of nitro groups is 1. The first-order valence-electron chi connectivity index (χ1n) is 6.38. The van der Waals surface area contributed by atoms with Crippen LogP contribution < -0.4 is 5.32 Å². The molecule has 110 valence electrons. The van der Waals surface area contributed by atoms with Gasteiger partial charge in [0, 0.05) is 35.3 Å². The average molecular weight is 345 g/mol. The van der Waals surface area contributed by atoms with Crippen molar-refractivity contribution in [2.75, 3.05) is 13.2 Å². The maximum absolute atomic E-state index is 11.9. The number of hydrogen-bond donors (Lipinski definition) is 2. The highest BCUT2D eigenvalue weighted by Crippen LogP contribution is 2.21. The molecule has 0 radical (unpaired) electrons. The fraction of sp³-hybridized carbons (Fsp3) is 0.462. The summed E-state index contributed by atoms with van der Waals surface area (Å²) < 4.78 is 0.500. The Morgan fingerprint density at radius 2 is 1.95 bits per heavy atom. The lowest BCUT2D eigenvalue weighted by atomic mass is 10.1. The van der Waals surface area contributed by atoms with Crippen molar-refractivity contribution in [2.45, 2.75) is 25.7 Å². The highest BCUT2D eigenvalue weighted by Gasteiger charge is 2.13. The number of carbonyl (C=O) groups is 1. The van der Waals surface area contributed by atoms with E-state index >= 15 is 0 Å². The summed E-state index contributed by atoms with van der Waals surface area (Å²) in [6.45, 7) is 0.707. The van der Waals surface area contributed by atoms with Crippen molar-refractivity contribution in [3.63, 3.8) is 0 Å². The quantitative estimate of drug-likeness (QED) is 0.430. The minimum Gasteiger partial charge on any atom is -0.396 e.